The molecule has 0 unspecified atom stereocenters. The first kappa shape index (κ1) is 20.2. The van der Waals surface area contributed by atoms with Crippen LogP contribution in [0.1, 0.15) is 29.5 Å². The third kappa shape index (κ3) is 4.13. The summed E-state index contributed by atoms with van der Waals surface area (Å²) >= 11 is 0. The van der Waals surface area contributed by atoms with Crippen molar-refractivity contribution in [1.82, 2.24) is 4.31 Å². The van der Waals surface area contributed by atoms with Crippen molar-refractivity contribution in [2.24, 2.45) is 0 Å². The van der Waals surface area contributed by atoms with Crippen molar-refractivity contribution in [3.8, 4) is 24.2 Å². The molecule has 2 aromatic rings. The molecule has 1 aliphatic rings. The van der Waals surface area contributed by atoms with Crippen molar-refractivity contribution < 1.29 is 13.2 Å². The van der Waals surface area contributed by atoms with Gasteiger partial charge in [-0.1, -0.05) is 47.6 Å². The average molecular weight is 394 g/mol. The first-order chi connectivity index (χ1) is 13.4. The van der Waals surface area contributed by atoms with Crippen molar-refractivity contribution in [1.29, 1.82) is 0 Å². The number of piperidine rings is 1. The summed E-state index contributed by atoms with van der Waals surface area (Å²) in [7, 11) is -1.89. The normalized spacial score (nSPS) is 16.6. The van der Waals surface area contributed by atoms with E-state index in [0.717, 1.165) is 16.7 Å². The van der Waals surface area contributed by atoms with Crippen molar-refractivity contribution in [3.05, 3.63) is 65.2 Å². The number of sulfonamides is 1. The Morgan fingerprint density at radius 3 is 2.21 bits per heavy atom. The van der Waals surface area contributed by atoms with E-state index in [1.165, 1.54) is 4.31 Å². The molecule has 5 heteroatoms. The van der Waals surface area contributed by atoms with Crippen molar-refractivity contribution in [3.63, 3.8) is 0 Å². The first-order valence-electron chi connectivity index (χ1n) is 9.11. The predicted octanol–water partition coefficient (Wildman–Crippen LogP) is 3.20. The van der Waals surface area contributed by atoms with Crippen LogP contribution in [0.2, 0.25) is 0 Å². The predicted molar refractivity (Wildman–Crippen MR) is 110 cm³/mol. The van der Waals surface area contributed by atoms with Crippen LogP contribution in [-0.2, 0) is 14.8 Å². The van der Waals surface area contributed by atoms with E-state index >= 15 is 0 Å². The van der Waals surface area contributed by atoms with E-state index in [4.69, 9.17) is 11.2 Å². The van der Waals surface area contributed by atoms with Gasteiger partial charge in [-0.05, 0) is 31.2 Å². The molecule has 0 saturated carbocycles. The summed E-state index contributed by atoms with van der Waals surface area (Å²) in [5.41, 5.74) is 1.86. The van der Waals surface area contributed by atoms with E-state index in [9.17, 15) is 8.42 Å². The number of hydrogen-bond donors (Lipinski definition) is 0. The Balaban J connectivity index is 1.78. The summed E-state index contributed by atoms with van der Waals surface area (Å²) in [6.45, 7) is 2.65. The smallest absolute Gasteiger partial charge is 0.243 e. The van der Waals surface area contributed by atoms with Crippen LogP contribution >= 0.6 is 0 Å². The Morgan fingerprint density at radius 2 is 1.64 bits per heavy atom. The molecular weight excluding hydrogens is 370 g/mol. The Morgan fingerprint density at radius 1 is 1.04 bits per heavy atom. The summed E-state index contributed by atoms with van der Waals surface area (Å²) in [5, 5.41) is 0. The average Bonchev–Trinajstić information content (AvgIpc) is 2.73. The van der Waals surface area contributed by atoms with E-state index in [0.29, 0.717) is 30.8 Å². The first-order valence-corrected chi connectivity index (χ1v) is 10.5. The number of ether oxygens (including phenoxy) is 1. The fourth-order valence-corrected chi connectivity index (χ4v) is 4.67. The minimum atomic E-state index is -3.51. The summed E-state index contributed by atoms with van der Waals surface area (Å²) in [5.74, 6) is 8.97. The summed E-state index contributed by atoms with van der Waals surface area (Å²) in [6, 6.07) is 14.4. The summed E-state index contributed by atoms with van der Waals surface area (Å²) in [6.07, 6.45) is 6.53. The van der Waals surface area contributed by atoms with Crippen LogP contribution < -0.4 is 0 Å². The van der Waals surface area contributed by atoms with Gasteiger partial charge in [-0.25, -0.2) is 8.42 Å². The van der Waals surface area contributed by atoms with Gasteiger partial charge in [0.1, 0.15) is 5.60 Å². The Bertz CT molecular complexity index is 1050. The quantitative estimate of drug-likeness (QED) is 0.753. The molecule has 1 fully saturated rings. The van der Waals surface area contributed by atoms with Crippen LogP contribution in [0.25, 0.3) is 0 Å². The molecule has 0 atom stereocenters. The van der Waals surface area contributed by atoms with Gasteiger partial charge >= 0.3 is 0 Å². The molecular formula is C23H23NO3S. The lowest BCUT2D eigenvalue weighted by Gasteiger charge is -2.36. The standard InChI is InChI=1S/C23H23NO3S/c1-4-20-7-5-6-8-21(20)13-14-23(27-3)15-17-24(18-16-23)28(25,26)22-11-9-19(2)10-12-22/h1,5-12H,15-18H2,2-3H3. The lowest BCUT2D eigenvalue weighted by atomic mass is 9.92. The largest absolute Gasteiger partial charge is 0.365 e. The molecule has 4 nitrogen and oxygen atoms in total. The van der Waals surface area contributed by atoms with Crippen molar-refractivity contribution in [2.45, 2.75) is 30.3 Å². The van der Waals surface area contributed by atoms with Gasteiger partial charge in [0.05, 0.1) is 4.90 Å². The van der Waals surface area contributed by atoms with Crippen LogP contribution in [0.5, 0.6) is 0 Å². The molecule has 0 radical (unpaired) electrons. The van der Waals surface area contributed by atoms with Crippen LogP contribution in [0.15, 0.2) is 53.4 Å². The summed E-state index contributed by atoms with van der Waals surface area (Å²) < 4.78 is 33.0. The van der Waals surface area contributed by atoms with Crippen molar-refractivity contribution >= 4 is 10.0 Å². The maximum absolute atomic E-state index is 12.9. The second-order valence-corrected chi connectivity index (χ2v) is 8.79. The number of benzene rings is 2. The number of rotatable bonds is 3. The van der Waals surface area contributed by atoms with E-state index in [2.05, 4.69) is 17.8 Å². The Hall–Kier alpha value is -2.57. The van der Waals surface area contributed by atoms with E-state index in [-0.39, 0.29) is 0 Å². The molecule has 0 amide bonds. The maximum atomic E-state index is 12.9. The second-order valence-electron chi connectivity index (χ2n) is 6.86. The van der Waals surface area contributed by atoms with Crippen LogP contribution in [0.4, 0.5) is 0 Å². The molecule has 1 saturated heterocycles. The molecule has 0 spiro atoms. The number of terminal acetylenes is 1. The van der Waals surface area contributed by atoms with Gasteiger partial charge in [-0.15, -0.1) is 6.42 Å². The Kier molecular flexibility index (Phi) is 5.91. The van der Waals surface area contributed by atoms with Gasteiger partial charge in [0.15, 0.2) is 0 Å². The molecule has 2 aromatic carbocycles. The topological polar surface area (TPSA) is 46.6 Å². The molecule has 1 aliphatic heterocycles. The molecule has 1 heterocycles. The molecule has 0 aliphatic carbocycles. The molecule has 144 valence electrons. The molecule has 0 N–H and O–H groups in total. The van der Waals surface area contributed by atoms with Crippen LogP contribution in [-0.4, -0.2) is 38.5 Å². The van der Waals surface area contributed by atoms with E-state index < -0.39 is 15.6 Å². The monoisotopic (exact) mass is 393 g/mol. The highest BCUT2D eigenvalue weighted by Crippen LogP contribution is 2.29. The highest BCUT2D eigenvalue weighted by molar-refractivity contribution is 7.89. The van der Waals surface area contributed by atoms with E-state index in [1.807, 2.05) is 43.3 Å². The lowest BCUT2D eigenvalue weighted by Crippen LogP contribution is -2.47. The number of aryl methyl sites for hydroxylation is 1. The zero-order valence-corrected chi connectivity index (χ0v) is 16.9. The Labute approximate surface area is 167 Å². The van der Waals surface area contributed by atoms with Gasteiger partial charge < -0.3 is 4.74 Å². The van der Waals surface area contributed by atoms with Gasteiger partial charge in [0.25, 0.3) is 0 Å². The zero-order valence-electron chi connectivity index (χ0n) is 16.1. The second kappa shape index (κ2) is 8.20. The number of methoxy groups -OCH3 is 1. The third-order valence-electron chi connectivity index (χ3n) is 5.09. The lowest BCUT2D eigenvalue weighted by molar-refractivity contribution is 0.00241. The highest BCUT2D eigenvalue weighted by Gasteiger charge is 2.37. The highest BCUT2D eigenvalue weighted by atomic mass is 32.2. The van der Waals surface area contributed by atoms with Crippen LogP contribution in [0.3, 0.4) is 0 Å². The van der Waals surface area contributed by atoms with Gasteiger partial charge in [0, 0.05) is 44.2 Å². The van der Waals surface area contributed by atoms with Crippen molar-refractivity contribution in [2.75, 3.05) is 20.2 Å². The van der Waals surface area contributed by atoms with E-state index in [1.54, 1.807) is 19.2 Å². The minimum absolute atomic E-state index is 0.317. The summed E-state index contributed by atoms with van der Waals surface area (Å²) in [4.78, 5) is 0.317. The SMILES string of the molecule is C#Cc1ccccc1C#CC1(OC)CCN(S(=O)(=O)c2ccc(C)cc2)CC1. The maximum Gasteiger partial charge on any atom is 0.243 e. The van der Waals surface area contributed by atoms with Gasteiger partial charge in [-0.2, -0.15) is 4.31 Å². The van der Waals surface area contributed by atoms with Crippen LogP contribution in [0, 0.1) is 31.1 Å². The minimum Gasteiger partial charge on any atom is -0.365 e. The fourth-order valence-electron chi connectivity index (χ4n) is 3.23. The fraction of sp³-hybridized carbons (Fsp3) is 0.304. The molecule has 0 bridgehead atoms. The number of nitrogens with zero attached hydrogens (tertiary/aromatic N) is 1. The zero-order chi connectivity index (χ0) is 20.2. The van der Waals surface area contributed by atoms with Gasteiger partial charge in [0.2, 0.25) is 10.0 Å². The third-order valence-corrected chi connectivity index (χ3v) is 7.00. The van der Waals surface area contributed by atoms with Gasteiger partial charge in [-0.3, -0.25) is 0 Å². The number of hydrogen-bond acceptors (Lipinski definition) is 3. The molecule has 28 heavy (non-hydrogen) atoms. The molecule has 0 aromatic heterocycles. The molecule has 3 rings (SSSR count).